The Balaban J connectivity index is 1.17. The number of ether oxygens (including phenoxy) is 1. The summed E-state index contributed by atoms with van der Waals surface area (Å²) in [7, 11) is 0. The van der Waals surface area contributed by atoms with E-state index in [-0.39, 0.29) is 17.5 Å². The molecule has 2 amide bonds. The molecule has 2 unspecified atom stereocenters. The standard InChI is InChI=1S/C24H26N4O2S/c1-24(18-5-3-2-4-6-18)15-21(24)27-22(29)25-19-9-7-17(8-10-19)20-16-31-23(26-20)28-11-13-30-14-12-28/h2-10,16,21H,11-15H2,1H3,(H2,25,27,29). The Bertz CT molecular complexity index is 1050. The lowest BCUT2D eigenvalue weighted by molar-refractivity contribution is 0.122. The van der Waals surface area contributed by atoms with E-state index in [9.17, 15) is 4.79 Å². The molecule has 2 aliphatic rings. The molecule has 0 radical (unpaired) electrons. The maximum Gasteiger partial charge on any atom is 0.319 e. The van der Waals surface area contributed by atoms with Crippen molar-refractivity contribution in [3.63, 3.8) is 0 Å². The average Bonchev–Trinajstić information content (AvgIpc) is 3.22. The van der Waals surface area contributed by atoms with Crippen LogP contribution in [-0.2, 0) is 10.2 Å². The molecule has 6 nitrogen and oxygen atoms in total. The third-order valence-corrected chi connectivity index (χ3v) is 7.09. The number of benzene rings is 2. The Morgan fingerprint density at radius 2 is 1.87 bits per heavy atom. The Morgan fingerprint density at radius 3 is 2.61 bits per heavy atom. The molecule has 7 heteroatoms. The fourth-order valence-corrected chi connectivity index (χ4v) is 4.95. The molecule has 160 valence electrons. The molecular weight excluding hydrogens is 408 g/mol. The quantitative estimate of drug-likeness (QED) is 0.621. The Labute approximate surface area is 186 Å². The van der Waals surface area contributed by atoms with E-state index in [1.165, 1.54) is 5.56 Å². The Hall–Kier alpha value is -2.90. The van der Waals surface area contributed by atoms with Crippen LogP contribution in [0.5, 0.6) is 0 Å². The van der Waals surface area contributed by atoms with Gasteiger partial charge in [-0.3, -0.25) is 0 Å². The van der Waals surface area contributed by atoms with Crippen LogP contribution in [-0.4, -0.2) is 43.4 Å². The van der Waals surface area contributed by atoms with Crippen LogP contribution in [0.1, 0.15) is 18.9 Å². The average molecular weight is 435 g/mol. The zero-order chi connectivity index (χ0) is 21.3. The van der Waals surface area contributed by atoms with E-state index in [0.717, 1.165) is 54.8 Å². The number of hydrogen-bond donors (Lipinski definition) is 2. The van der Waals surface area contributed by atoms with Gasteiger partial charge in [0.1, 0.15) is 0 Å². The molecule has 1 saturated carbocycles. The molecule has 1 aliphatic heterocycles. The van der Waals surface area contributed by atoms with Crippen molar-refractivity contribution in [2.24, 2.45) is 0 Å². The van der Waals surface area contributed by atoms with Gasteiger partial charge in [-0.05, 0) is 24.1 Å². The molecule has 0 bridgehead atoms. The largest absolute Gasteiger partial charge is 0.378 e. The first-order chi connectivity index (χ1) is 15.1. The second kappa shape index (κ2) is 8.32. The molecule has 1 saturated heterocycles. The number of nitrogens with zero attached hydrogens (tertiary/aromatic N) is 2. The first-order valence-electron chi connectivity index (χ1n) is 10.6. The van der Waals surface area contributed by atoms with Gasteiger partial charge in [0.2, 0.25) is 0 Å². The van der Waals surface area contributed by atoms with Crippen molar-refractivity contribution in [1.29, 1.82) is 0 Å². The predicted molar refractivity (Wildman–Crippen MR) is 125 cm³/mol. The summed E-state index contributed by atoms with van der Waals surface area (Å²) >= 11 is 1.66. The number of nitrogens with one attached hydrogen (secondary N) is 2. The molecule has 31 heavy (non-hydrogen) atoms. The van der Waals surface area contributed by atoms with Crippen LogP contribution < -0.4 is 15.5 Å². The van der Waals surface area contributed by atoms with Gasteiger partial charge < -0.3 is 20.3 Å². The summed E-state index contributed by atoms with van der Waals surface area (Å²) in [5.41, 5.74) is 4.06. The minimum absolute atomic E-state index is 0.0191. The number of anilines is 2. The summed E-state index contributed by atoms with van der Waals surface area (Å²) in [5.74, 6) is 0. The topological polar surface area (TPSA) is 66.5 Å². The molecule has 2 heterocycles. The molecule has 2 fully saturated rings. The van der Waals surface area contributed by atoms with E-state index in [1.54, 1.807) is 11.3 Å². The molecule has 2 N–H and O–H groups in total. The van der Waals surface area contributed by atoms with E-state index >= 15 is 0 Å². The van der Waals surface area contributed by atoms with Gasteiger partial charge in [-0.25, -0.2) is 9.78 Å². The Kier molecular flexibility index (Phi) is 5.38. The zero-order valence-corrected chi connectivity index (χ0v) is 18.3. The number of urea groups is 1. The number of thiazole rings is 1. The van der Waals surface area contributed by atoms with Crippen molar-refractivity contribution in [1.82, 2.24) is 10.3 Å². The Morgan fingerprint density at radius 1 is 1.13 bits per heavy atom. The fourth-order valence-electron chi connectivity index (χ4n) is 4.06. The highest BCUT2D eigenvalue weighted by Crippen LogP contribution is 2.47. The van der Waals surface area contributed by atoms with Crippen molar-refractivity contribution in [3.8, 4) is 11.3 Å². The lowest BCUT2D eigenvalue weighted by atomic mass is 9.98. The van der Waals surface area contributed by atoms with Gasteiger partial charge in [0.15, 0.2) is 5.13 Å². The van der Waals surface area contributed by atoms with E-state index in [4.69, 9.17) is 9.72 Å². The van der Waals surface area contributed by atoms with Gasteiger partial charge in [-0.2, -0.15) is 0 Å². The van der Waals surface area contributed by atoms with Crippen molar-refractivity contribution in [2.75, 3.05) is 36.5 Å². The number of hydrogen-bond acceptors (Lipinski definition) is 5. The van der Waals surface area contributed by atoms with Crippen LogP contribution in [0, 0.1) is 0 Å². The summed E-state index contributed by atoms with van der Waals surface area (Å²) in [6, 6.07) is 18.2. The second-order valence-electron chi connectivity index (χ2n) is 8.33. The van der Waals surface area contributed by atoms with Gasteiger partial charge in [-0.1, -0.05) is 49.4 Å². The second-order valence-corrected chi connectivity index (χ2v) is 9.17. The highest BCUT2D eigenvalue weighted by molar-refractivity contribution is 7.14. The molecule has 1 aromatic heterocycles. The van der Waals surface area contributed by atoms with Crippen molar-refractivity contribution >= 4 is 28.2 Å². The van der Waals surface area contributed by atoms with Crippen LogP contribution in [0.2, 0.25) is 0 Å². The van der Waals surface area contributed by atoms with Crippen molar-refractivity contribution in [2.45, 2.75) is 24.8 Å². The zero-order valence-electron chi connectivity index (χ0n) is 17.5. The molecule has 0 spiro atoms. The molecule has 5 rings (SSSR count). The minimum atomic E-state index is -0.166. The highest BCUT2D eigenvalue weighted by Gasteiger charge is 2.52. The van der Waals surface area contributed by atoms with Crippen LogP contribution in [0.3, 0.4) is 0 Å². The van der Waals surface area contributed by atoms with E-state index in [1.807, 2.05) is 42.5 Å². The minimum Gasteiger partial charge on any atom is -0.378 e. The highest BCUT2D eigenvalue weighted by atomic mass is 32.1. The first-order valence-corrected chi connectivity index (χ1v) is 11.5. The summed E-state index contributed by atoms with van der Waals surface area (Å²) in [6.45, 7) is 5.47. The van der Waals surface area contributed by atoms with Gasteiger partial charge in [0.05, 0.1) is 18.9 Å². The van der Waals surface area contributed by atoms with Crippen LogP contribution in [0.4, 0.5) is 15.6 Å². The summed E-state index contributed by atoms with van der Waals surface area (Å²) < 4.78 is 5.41. The molecular formula is C24H26N4O2S. The lowest BCUT2D eigenvalue weighted by Gasteiger charge is -2.26. The first kappa shape index (κ1) is 20.0. The summed E-state index contributed by atoms with van der Waals surface area (Å²) in [6.07, 6.45) is 0.957. The van der Waals surface area contributed by atoms with Crippen molar-refractivity contribution in [3.05, 3.63) is 65.5 Å². The van der Waals surface area contributed by atoms with Gasteiger partial charge in [-0.15, -0.1) is 11.3 Å². The molecule has 1 aliphatic carbocycles. The van der Waals surface area contributed by atoms with E-state index < -0.39 is 0 Å². The van der Waals surface area contributed by atoms with Gasteiger partial charge >= 0.3 is 6.03 Å². The molecule has 2 aromatic carbocycles. The fraction of sp³-hybridized carbons (Fsp3) is 0.333. The number of amides is 2. The van der Waals surface area contributed by atoms with Gasteiger partial charge in [0, 0.05) is 41.2 Å². The van der Waals surface area contributed by atoms with E-state index in [2.05, 4.69) is 40.0 Å². The van der Waals surface area contributed by atoms with Crippen molar-refractivity contribution < 1.29 is 9.53 Å². The van der Waals surface area contributed by atoms with Crippen LogP contribution in [0.15, 0.2) is 60.0 Å². The monoisotopic (exact) mass is 434 g/mol. The van der Waals surface area contributed by atoms with Gasteiger partial charge in [0.25, 0.3) is 0 Å². The lowest BCUT2D eigenvalue weighted by Crippen LogP contribution is -2.36. The predicted octanol–water partition coefficient (Wildman–Crippen LogP) is 4.50. The number of morpholine rings is 1. The van der Waals surface area contributed by atoms with E-state index in [0.29, 0.717) is 0 Å². The maximum atomic E-state index is 12.5. The normalized spacial score (nSPS) is 22.7. The number of aromatic nitrogens is 1. The van der Waals surface area contributed by atoms with Crippen LogP contribution in [0.25, 0.3) is 11.3 Å². The third kappa shape index (κ3) is 4.29. The smallest absolute Gasteiger partial charge is 0.319 e. The third-order valence-electron chi connectivity index (χ3n) is 6.19. The number of rotatable bonds is 5. The molecule has 3 aromatic rings. The summed E-state index contributed by atoms with van der Waals surface area (Å²) in [4.78, 5) is 19.5. The maximum absolute atomic E-state index is 12.5. The number of carbonyl (C=O) groups is 1. The SMILES string of the molecule is CC1(c2ccccc2)CC1NC(=O)Nc1ccc(-c2csc(N3CCOCC3)n2)cc1. The van der Waals surface area contributed by atoms with Crippen LogP contribution >= 0.6 is 11.3 Å². The summed E-state index contributed by atoms with van der Waals surface area (Å²) in [5, 5.41) is 9.16. The molecule has 2 atom stereocenters. The number of carbonyl (C=O) groups excluding carboxylic acids is 1.